The highest BCUT2D eigenvalue weighted by Gasteiger charge is 2.21. The molecule has 0 N–H and O–H groups in total. The number of Topliss-reactive ketones (excluding diaryl/α,β-unsaturated/α-hetero) is 1. The fourth-order valence-electron chi connectivity index (χ4n) is 1.73. The van der Waals surface area contributed by atoms with Crippen molar-refractivity contribution >= 4 is 5.78 Å². The number of benzene rings is 1. The van der Waals surface area contributed by atoms with E-state index in [4.69, 9.17) is 9.47 Å². The average Bonchev–Trinajstić information content (AvgIpc) is 2.23. The molecule has 0 saturated carbocycles. The average molecular weight is 206 g/mol. The van der Waals surface area contributed by atoms with E-state index in [0.717, 1.165) is 16.9 Å². The fourth-order valence-corrected chi connectivity index (χ4v) is 1.73. The van der Waals surface area contributed by atoms with Crippen LogP contribution in [0.25, 0.3) is 0 Å². The second-order valence-corrected chi connectivity index (χ2v) is 3.78. The van der Waals surface area contributed by atoms with Crippen LogP contribution in [0.1, 0.15) is 28.4 Å². The first-order valence-corrected chi connectivity index (χ1v) is 5.02. The molecule has 1 heterocycles. The van der Waals surface area contributed by atoms with Crippen LogP contribution >= 0.6 is 0 Å². The molecule has 80 valence electrons. The van der Waals surface area contributed by atoms with Gasteiger partial charge in [-0.3, -0.25) is 4.79 Å². The zero-order valence-corrected chi connectivity index (χ0v) is 9.22. The van der Waals surface area contributed by atoms with Gasteiger partial charge < -0.3 is 9.47 Å². The number of carbonyl (C=O) groups excluding carboxylic acids is 1. The lowest BCUT2D eigenvalue weighted by molar-refractivity contribution is 0.100. The molecule has 1 aromatic carbocycles. The van der Waals surface area contributed by atoms with E-state index in [1.54, 1.807) is 6.92 Å². The first-order chi connectivity index (χ1) is 7.11. The van der Waals surface area contributed by atoms with Gasteiger partial charge in [0.2, 0.25) is 0 Å². The van der Waals surface area contributed by atoms with Gasteiger partial charge in [-0.25, -0.2) is 0 Å². The van der Waals surface area contributed by atoms with Crippen molar-refractivity contribution in [3.05, 3.63) is 22.8 Å². The van der Waals surface area contributed by atoms with Gasteiger partial charge in [0.25, 0.3) is 0 Å². The quantitative estimate of drug-likeness (QED) is 0.661. The summed E-state index contributed by atoms with van der Waals surface area (Å²) >= 11 is 0. The molecule has 0 saturated heterocycles. The van der Waals surface area contributed by atoms with Gasteiger partial charge >= 0.3 is 0 Å². The minimum Gasteiger partial charge on any atom is -0.486 e. The predicted octanol–water partition coefficient (Wildman–Crippen LogP) is 2.28. The van der Waals surface area contributed by atoms with Crippen molar-refractivity contribution in [3.8, 4) is 11.5 Å². The highest BCUT2D eigenvalue weighted by Crippen LogP contribution is 2.38. The number of hydrogen-bond donors (Lipinski definition) is 0. The van der Waals surface area contributed by atoms with Gasteiger partial charge in [-0.15, -0.1) is 0 Å². The summed E-state index contributed by atoms with van der Waals surface area (Å²) in [6.07, 6.45) is 0. The van der Waals surface area contributed by atoms with E-state index in [2.05, 4.69) is 0 Å². The van der Waals surface area contributed by atoms with Crippen LogP contribution in [0.15, 0.2) is 6.07 Å². The van der Waals surface area contributed by atoms with Gasteiger partial charge in [0, 0.05) is 0 Å². The summed E-state index contributed by atoms with van der Waals surface area (Å²) < 4.78 is 11.1. The number of aryl methyl sites for hydroxylation is 1. The van der Waals surface area contributed by atoms with Crippen molar-refractivity contribution in [1.82, 2.24) is 0 Å². The van der Waals surface area contributed by atoms with Crippen molar-refractivity contribution in [3.63, 3.8) is 0 Å². The Balaban J connectivity index is 2.67. The Morgan fingerprint density at radius 3 is 2.40 bits per heavy atom. The number of hydrogen-bond acceptors (Lipinski definition) is 3. The molecule has 0 aromatic heterocycles. The van der Waals surface area contributed by atoms with Crippen LogP contribution in [0.2, 0.25) is 0 Å². The van der Waals surface area contributed by atoms with Gasteiger partial charge in [-0.2, -0.15) is 0 Å². The second-order valence-electron chi connectivity index (χ2n) is 3.78. The maximum absolute atomic E-state index is 11.4. The predicted molar refractivity (Wildman–Crippen MR) is 56.9 cm³/mol. The summed E-state index contributed by atoms with van der Waals surface area (Å²) in [4.78, 5) is 11.4. The van der Waals surface area contributed by atoms with Crippen molar-refractivity contribution in [2.75, 3.05) is 13.2 Å². The SMILES string of the molecule is CC(=O)c1cc(C)c(C)c2c1OCCO2. The lowest BCUT2D eigenvalue weighted by atomic mass is 10.0. The molecule has 1 aliphatic heterocycles. The maximum Gasteiger partial charge on any atom is 0.172 e. The smallest absolute Gasteiger partial charge is 0.172 e. The number of ketones is 1. The molecule has 1 aliphatic rings. The molecular formula is C12H14O3. The van der Waals surface area contributed by atoms with Gasteiger partial charge in [0.15, 0.2) is 17.3 Å². The van der Waals surface area contributed by atoms with Gasteiger partial charge in [-0.1, -0.05) is 0 Å². The number of rotatable bonds is 1. The van der Waals surface area contributed by atoms with Crippen molar-refractivity contribution in [1.29, 1.82) is 0 Å². The van der Waals surface area contributed by atoms with E-state index in [0.29, 0.717) is 24.5 Å². The van der Waals surface area contributed by atoms with Crippen LogP contribution in [0, 0.1) is 13.8 Å². The summed E-state index contributed by atoms with van der Waals surface area (Å²) in [5.74, 6) is 1.35. The summed E-state index contributed by atoms with van der Waals surface area (Å²) in [5, 5.41) is 0. The molecular weight excluding hydrogens is 192 g/mol. The van der Waals surface area contributed by atoms with E-state index in [9.17, 15) is 4.79 Å². The first kappa shape index (κ1) is 10.0. The Kier molecular flexibility index (Phi) is 2.39. The molecule has 15 heavy (non-hydrogen) atoms. The molecule has 3 heteroatoms. The fraction of sp³-hybridized carbons (Fsp3) is 0.417. The van der Waals surface area contributed by atoms with E-state index >= 15 is 0 Å². The maximum atomic E-state index is 11.4. The van der Waals surface area contributed by atoms with Gasteiger partial charge in [0.1, 0.15) is 13.2 Å². The topological polar surface area (TPSA) is 35.5 Å². The third-order valence-electron chi connectivity index (χ3n) is 2.70. The third-order valence-corrected chi connectivity index (χ3v) is 2.70. The molecule has 2 rings (SSSR count). The Morgan fingerprint density at radius 2 is 1.80 bits per heavy atom. The Bertz CT molecular complexity index is 421. The minimum atomic E-state index is 0.0138. The summed E-state index contributed by atoms with van der Waals surface area (Å²) in [5.41, 5.74) is 2.73. The van der Waals surface area contributed by atoms with Crippen LogP contribution < -0.4 is 9.47 Å². The molecule has 0 amide bonds. The summed E-state index contributed by atoms with van der Waals surface area (Å²) in [6, 6.07) is 1.87. The van der Waals surface area contributed by atoms with Crippen molar-refractivity contribution in [2.24, 2.45) is 0 Å². The molecule has 0 spiro atoms. The Labute approximate surface area is 89.0 Å². The molecule has 3 nitrogen and oxygen atoms in total. The van der Waals surface area contributed by atoms with E-state index < -0.39 is 0 Å². The standard InChI is InChI=1S/C12H14O3/c1-7-6-10(9(3)13)12-11(8(7)2)14-4-5-15-12/h6H,4-5H2,1-3H3. The highest BCUT2D eigenvalue weighted by atomic mass is 16.6. The number of ether oxygens (including phenoxy) is 2. The molecule has 0 atom stereocenters. The molecule has 0 radical (unpaired) electrons. The van der Waals surface area contributed by atoms with Crippen LogP contribution in [0.3, 0.4) is 0 Å². The van der Waals surface area contributed by atoms with E-state index in [-0.39, 0.29) is 5.78 Å². The highest BCUT2D eigenvalue weighted by molar-refractivity contribution is 5.98. The Hall–Kier alpha value is -1.51. The summed E-state index contributed by atoms with van der Waals surface area (Å²) in [7, 11) is 0. The van der Waals surface area contributed by atoms with Crippen LogP contribution in [-0.2, 0) is 0 Å². The number of fused-ring (bicyclic) bond motifs is 1. The normalized spacial score (nSPS) is 13.8. The third kappa shape index (κ3) is 1.58. The lowest BCUT2D eigenvalue weighted by Gasteiger charge is -2.23. The minimum absolute atomic E-state index is 0.0138. The molecule has 0 unspecified atom stereocenters. The molecule has 0 bridgehead atoms. The molecule has 0 aliphatic carbocycles. The molecule has 1 aromatic rings. The zero-order chi connectivity index (χ0) is 11.0. The van der Waals surface area contributed by atoms with E-state index in [1.807, 2.05) is 19.9 Å². The van der Waals surface area contributed by atoms with Gasteiger partial charge in [-0.05, 0) is 38.0 Å². The molecule has 0 fully saturated rings. The van der Waals surface area contributed by atoms with Crippen molar-refractivity contribution in [2.45, 2.75) is 20.8 Å². The van der Waals surface area contributed by atoms with Crippen LogP contribution in [-0.4, -0.2) is 19.0 Å². The van der Waals surface area contributed by atoms with Gasteiger partial charge in [0.05, 0.1) is 5.56 Å². The second kappa shape index (κ2) is 3.57. The zero-order valence-electron chi connectivity index (χ0n) is 9.22. The van der Waals surface area contributed by atoms with Crippen molar-refractivity contribution < 1.29 is 14.3 Å². The largest absolute Gasteiger partial charge is 0.486 e. The monoisotopic (exact) mass is 206 g/mol. The lowest BCUT2D eigenvalue weighted by Crippen LogP contribution is -2.18. The first-order valence-electron chi connectivity index (χ1n) is 5.02. The Morgan fingerprint density at radius 1 is 1.20 bits per heavy atom. The van der Waals surface area contributed by atoms with Crippen LogP contribution in [0.4, 0.5) is 0 Å². The van der Waals surface area contributed by atoms with E-state index in [1.165, 1.54) is 0 Å². The number of carbonyl (C=O) groups is 1. The summed E-state index contributed by atoms with van der Waals surface area (Å²) in [6.45, 7) is 6.56. The van der Waals surface area contributed by atoms with Crippen LogP contribution in [0.5, 0.6) is 11.5 Å².